The van der Waals surface area contributed by atoms with Gasteiger partial charge in [0.2, 0.25) is 0 Å². The molecule has 0 bridgehead atoms. The van der Waals surface area contributed by atoms with Crippen LogP contribution in [0.3, 0.4) is 0 Å². The topological polar surface area (TPSA) is 55.2 Å². The van der Waals surface area contributed by atoms with Gasteiger partial charge < -0.3 is 5.32 Å². The molecule has 0 aliphatic carbocycles. The largest absolute Gasteiger partial charge is 0.381 e. The predicted molar refractivity (Wildman–Crippen MR) is 77.1 cm³/mol. The average Bonchev–Trinajstić information content (AvgIpc) is 2.81. The molecule has 0 spiro atoms. The van der Waals surface area contributed by atoms with Gasteiger partial charge in [-0.15, -0.1) is 0 Å². The minimum Gasteiger partial charge on any atom is -0.381 e. The summed E-state index contributed by atoms with van der Waals surface area (Å²) in [4.78, 5) is 10.1. The SMILES string of the molecule is Cc1cc(Br)c(F)cc1NCc1csc([N+](=O)[O-])c1. The highest BCUT2D eigenvalue weighted by Gasteiger charge is 2.10. The lowest BCUT2D eigenvalue weighted by atomic mass is 10.2. The number of halogens is 2. The van der Waals surface area contributed by atoms with Crippen molar-refractivity contribution >= 4 is 38.0 Å². The molecule has 0 aliphatic rings. The maximum atomic E-state index is 13.4. The molecule has 2 rings (SSSR count). The number of thiophene rings is 1. The quantitative estimate of drug-likeness (QED) is 0.657. The molecule has 0 atom stereocenters. The average molecular weight is 345 g/mol. The van der Waals surface area contributed by atoms with Crippen LogP contribution in [0.2, 0.25) is 0 Å². The summed E-state index contributed by atoms with van der Waals surface area (Å²) in [6.45, 7) is 2.29. The van der Waals surface area contributed by atoms with E-state index in [4.69, 9.17) is 0 Å². The number of benzene rings is 1. The van der Waals surface area contributed by atoms with Crippen molar-refractivity contribution in [2.75, 3.05) is 5.32 Å². The maximum absolute atomic E-state index is 13.4. The monoisotopic (exact) mass is 344 g/mol. The summed E-state index contributed by atoms with van der Waals surface area (Å²) in [7, 11) is 0. The lowest BCUT2D eigenvalue weighted by Crippen LogP contribution is -2.01. The second-order valence-electron chi connectivity index (χ2n) is 3.99. The van der Waals surface area contributed by atoms with Gasteiger partial charge in [0, 0.05) is 23.7 Å². The molecule has 0 unspecified atom stereocenters. The van der Waals surface area contributed by atoms with Gasteiger partial charge >= 0.3 is 5.00 Å². The summed E-state index contributed by atoms with van der Waals surface area (Å²) in [6.07, 6.45) is 0. The third-order valence-corrected chi connectivity index (χ3v) is 4.11. The molecule has 0 saturated carbocycles. The number of hydrogen-bond donors (Lipinski definition) is 1. The molecule has 4 nitrogen and oxygen atoms in total. The van der Waals surface area contributed by atoms with E-state index in [2.05, 4.69) is 21.2 Å². The number of nitrogens with zero attached hydrogens (tertiary/aromatic N) is 1. The van der Waals surface area contributed by atoms with Crippen LogP contribution in [0.5, 0.6) is 0 Å². The lowest BCUT2D eigenvalue weighted by Gasteiger charge is -2.09. The molecule has 1 heterocycles. The molecule has 19 heavy (non-hydrogen) atoms. The molecular weight excluding hydrogens is 335 g/mol. The van der Waals surface area contributed by atoms with E-state index in [0.717, 1.165) is 22.5 Å². The molecule has 1 aromatic heterocycles. The molecule has 0 radical (unpaired) electrons. The Morgan fingerprint density at radius 3 is 2.84 bits per heavy atom. The molecule has 0 fully saturated rings. The van der Waals surface area contributed by atoms with E-state index in [1.807, 2.05) is 6.92 Å². The highest BCUT2D eigenvalue weighted by molar-refractivity contribution is 9.10. The summed E-state index contributed by atoms with van der Waals surface area (Å²) < 4.78 is 13.8. The van der Waals surface area contributed by atoms with E-state index < -0.39 is 4.92 Å². The van der Waals surface area contributed by atoms with Crippen molar-refractivity contribution in [1.82, 2.24) is 0 Å². The van der Waals surface area contributed by atoms with E-state index in [1.54, 1.807) is 11.4 Å². The molecule has 2 aromatic rings. The van der Waals surface area contributed by atoms with E-state index in [-0.39, 0.29) is 10.8 Å². The Kier molecular flexibility index (Phi) is 4.16. The van der Waals surface area contributed by atoms with Crippen molar-refractivity contribution in [1.29, 1.82) is 0 Å². The van der Waals surface area contributed by atoms with Crippen LogP contribution in [0.25, 0.3) is 0 Å². The first-order chi connectivity index (χ1) is 8.97. The zero-order valence-corrected chi connectivity index (χ0v) is 12.3. The molecule has 1 N–H and O–H groups in total. The van der Waals surface area contributed by atoms with Crippen molar-refractivity contribution in [3.63, 3.8) is 0 Å². The van der Waals surface area contributed by atoms with Gasteiger partial charge in [0.25, 0.3) is 0 Å². The summed E-state index contributed by atoms with van der Waals surface area (Å²) in [5.41, 5.74) is 2.38. The van der Waals surface area contributed by atoms with Gasteiger partial charge in [-0.2, -0.15) is 0 Å². The Balaban J connectivity index is 2.09. The van der Waals surface area contributed by atoms with Crippen LogP contribution in [0, 0.1) is 22.9 Å². The molecule has 0 aliphatic heterocycles. The lowest BCUT2D eigenvalue weighted by molar-refractivity contribution is -0.380. The van der Waals surface area contributed by atoms with Crippen LogP contribution in [0.1, 0.15) is 11.1 Å². The summed E-state index contributed by atoms with van der Waals surface area (Å²) in [5.74, 6) is -0.343. The second-order valence-corrected chi connectivity index (χ2v) is 5.73. The van der Waals surface area contributed by atoms with Crippen molar-refractivity contribution in [2.45, 2.75) is 13.5 Å². The number of anilines is 1. The minimum absolute atomic E-state index is 0.107. The van der Waals surface area contributed by atoms with E-state index in [9.17, 15) is 14.5 Å². The van der Waals surface area contributed by atoms with Gasteiger partial charge in [0.05, 0.1) is 9.40 Å². The summed E-state index contributed by atoms with van der Waals surface area (Å²) in [6, 6.07) is 4.61. The number of nitrogens with one attached hydrogen (secondary N) is 1. The molecular formula is C12H10BrFN2O2S. The fraction of sp³-hybridized carbons (Fsp3) is 0.167. The van der Waals surface area contributed by atoms with Crippen LogP contribution in [0.4, 0.5) is 15.1 Å². The van der Waals surface area contributed by atoms with Crippen molar-refractivity contribution in [3.05, 3.63) is 55.1 Å². The molecule has 100 valence electrons. The smallest absolute Gasteiger partial charge is 0.324 e. The highest BCUT2D eigenvalue weighted by atomic mass is 79.9. The fourth-order valence-corrected chi connectivity index (χ4v) is 2.77. The Labute approximate surface area is 121 Å². The van der Waals surface area contributed by atoms with Gasteiger partial charge in [-0.3, -0.25) is 10.1 Å². The first kappa shape index (κ1) is 14.0. The Hall–Kier alpha value is -1.47. The summed E-state index contributed by atoms with van der Waals surface area (Å²) >= 11 is 4.20. The first-order valence-corrected chi connectivity index (χ1v) is 7.06. The normalized spacial score (nSPS) is 10.5. The third-order valence-electron chi connectivity index (χ3n) is 2.57. The van der Waals surface area contributed by atoms with Crippen molar-refractivity contribution in [3.8, 4) is 0 Å². The first-order valence-electron chi connectivity index (χ1n) is 5.38. The number of hydrogen-bond acceptors (Lipinski definition) is 4. The van der Waals surface area contributed by atoms with Crippen LogP contribution >= 0.6 is 27.3 Å². The van der Waals surface area contributed by atoms with Crippen molar-refractivity contribution in [2.24, 2.45) is 0 Å². The van der Waals surface area contributed by atoms with Crippen molar-refractivity contribution < 1.29 is 9.31 Å². The Morgan fingerprint density at radius 2 is 2.21 bits per heavy atom. The van der Waals surface area contributed by atoms with E-state index >= 15 is 0 Å². The third kappa shape index (κ3) is 3.30. The highest BCUT2D eigenvalue weighted by Crippen LogP contribution is 2.26. The number of aryl methyl sites for hydroxylation is 1. The predicted octanol–water partition coefficient (Wildman–Crippen LogP) is 4.48. The molecule has 0 saturated heterocycles. The van der Waals surface area contributed by atoms with E-state index in [1.165, 1.54) is 12.1 Å². The zero-order valence-electron chi connectivity index (χ0n) is 9.94. The standard InChI is InChI=1S/C12H10BrFN2O2S/c1-7-2-9(13)10(14)4-11(7)15-5-8-3-12(16(17)18)19-6-8/h2-4,6,15H,5H2,1H3. The summed E-state index contributed by atoms with van der Waals surface area (Å²) in [5, 5.41) is 15.5. The fourth-order valence-electron chi connectivity index (χ4n) is 1.59. The molecule has 0 amide bonds. The van der Waals surface area contributed by atoms with Gasteiger partial charge in [-0.25, -0.2) is 4.39 Å². The van der Waals surface area contributed by atoms with Gasteiger partial charge in [-0.05, 0) is 46.1 Å². The number of nitro groups is 1. The van der Waals surface area contributed by atoms with Crippen LogP contribution in [-0.2, 0) is 6.54 Å². The van der Waals surface area contributed by atoms with Crippen LogP contribution < -0.4 is 5.32 Å². The minimum atomic E-state index is -0.418. The Morgan fingerprint density at radius 1 is 1.47 bits per heavy atom. The van der Waals surface area contributed by atoms with Crippen LogP contribution in [-0.4, -0.2) is 4.92 Å². The van der Waals surface area contributed by atoms with Gasteiger partial charge in [-0.1, -0.05) is 11.3 Å². The second kappa shape index (κ2) is 5.66. The molecule has 7 heteroatoms. The van der Waals surface area contributed by atoms with E-state index in [0.29, 0.717) is 16.7 Å². The Bertz CT molecular complexity index is 630. The van der Waals surface area contributed by atoms with Gasteiger partial charge in [0.1, 0.15) is 5.82 Å². The van der Waals surface area contributed by atoms with Crippen LogP contribution in [0.15, 0.2) is 28.1 Å². The maximum Gasteiger partial charge on any atom is 0.324 e. The number of rotatable bonds is 4. The zero-order chi connectivity index (χ0) is 14.0. The van der Waals surface area contributed by atoms with Gasteiger partial charge in [0.15, 0.2) is 0 Å². The molecule has 1 aromatic carbocycles.